The first kappa shape index (κ1) is 15.7. The molecule has 2 rings (SSSR count). The van der Waals surface area contributed by atoms with Crippen LogP contribution < -0.4 is 14.2 Å². The van der Waals surface area contributed by atoms with Gasteiger partial charge in [0.25, 0.3) is 0 Å². The lowest BCUT2D eigenvalue weighted by Gasteiger charge is -2.09. The van der Waals surface area contributed by atoms with E-state index in [0.717, 1.165) is 11.5 Å². The van der Waals surface area contributed by atoms with Crippen molar-refractivity contribution >= 4 is 5.97 Å². The fourth-order valence-corrected chi connectivity index (χ4v) is 1.84. The van der Waals surface area contributed by atoms with E-state index in [1.165, 1.54) is 12.1 Å². The fraction of sp³-hybridized carbons (Fsp3) is 0.235. The molecule has 0 heterocycles. The molecular weight excluding hydrogens is 284 g/mol. The lowest BCUT2D eigenvalue weighted by Crippen LogP contribution is -2.09. The van der Waals surface area contributed by atoms with Crippen molar-refractivity contribution in [3.05, 3.63) is 54.1 Å². The van der Waals surface area contributed by atoms with E-state index < -0.39 is 5.97 Å². The third kappa shape index (κ3) is 4.70. The summed E-state index contributed by atoms with van der Waals surface area (Å²) in [6, 6.07) is 13.7. The number of carboxylic acid groups (broad SMARTS) is 1. The van der Waals surface area contributed by atoms with Gasteiger partial charge in [-0.3, -0.25) is 0 Å². The van der Waals surface area contributed by atoms with Crippen molar-refractivity contribution in [2.45, 2.75) is 6.92 Å². The number of benzene rings is 2. The van der Waals surface area contributed by atoms with Crippen molar-refractivity contribution in [2.24, 2.45) is 0 Å². The molecule has 0 aliphatic carbocycles. The molecule has 1 N–H and O–H groups in total. The van der Waals surface area contributed by atoms with Crippen LogP contribution in [-0.2, 0) is 0 Å². The second-order valence-electron chi connectivity index (χ2n) is 4.43. The Morgan fingerprint density at radius 1 is 0.909 bits per heavy atom. The Balaban J connectivity index is 1.77. The van der Waals surface area contributed by atoms with Gasteiger partial charge in [0.05, 0.1) is 12.2 Å². The first-order chi connectivity index (χ1) is 10.7. The van der Waals surface area contributed by atoms with Crippen LogP contribution in [0.2, 0.25) is 0 Å². The Bertz CT molecular complexity index is 607. The first-order valence-corrected chi connectivity index (χ1v) is 7.01. The first-order valence-electron chi connectivity index (χ1n) is 7.01. The number of hydrogen-bond donors (Lipinski definition) is 1. The van der Waals surface area contributed by atoms with E-state index in [0.29, 0.717) is 25.6 Å². The Morgan fingerprint density at radius 3 is 2.09 bits per heavy atom. The van der Waals surface area contributed by atoms with Gasteiger partial charge in [-0.05, 0) is 49.4 Å². The molecule has 116 valence electrons. The van der Waals surface area contributed by atoms with Crippen molar-refractivity contribution in [1.29, 1.82) is 0 Å². The summed E-state index contributed by atoms with van der Waals surface area (Å²) in [5, 5.41) is 8.90. The number of aromatic carboxylic acids is 1. The largest absolute Gasteiger partial charge is 0.494 e. The van der Waals surface area contributed by atoms with Crippen molar-refractivity contribution in [2.75, 3.05) is 19.8 Å². The van der Waals surface area contributed by atoms with E-state index in [9.17, 15) is 4.79 Å². The van der Waals surface area contributed by atoms with Crippen LogP contribution in [0.5, 0.6) is 17.2 Å². The molecule has 0 aromatic heterocycles. The summed E-state index contributed by atoms with van der Waals surface area (Å²) in [6.45, 7) is 3.26. The van der Waals surface area contributed by atoms with Crippen LogP contribution >= 0.6 is 0 Å². The smallest absolute Gasteiger partial charge is 0.335 e. The molecule has 0 spiro atoms. The number of rotatable bonds is 8. The summed E-state index contributed by atoms with van der Waals surface area (Å²) in [5.41, 5.74) is 0.199. The van der Waals surface area contributed by atoms with Gasteiger partial charge in [0, 0.05) is 0 Å². The van der Waals surface area contributed by atoms with E-state index in [-0.39, 0.29) is 5.56 Å². The van der Waals surface area contributed by atoms with Gasteiger partial charge in [0.1, 0.15) is 30.5 Å². The molecule has 5 heteroatoms. The summed E-state index contributed by atoms with van der Waals surface area (Å²) in [5.74, 6) is 1.06. The van der Waals surface area contributed by atoms with Crippen LogP contribution in [0.1, 0.15) is 17.3 Å². The summed E-state index contributed by atoms with van der Waals surface area (Å²) >= 11 is 0. The lowest BCUT2D eigenvalue weighted by molar-refractivity contribution is 0.0696. The van der Waals surface area contributed by atoms with E-state index >= 15 is 0 Å². The molecular formula is C17H18O5. The summed E-state index contributed by atoms with van der Waals surface area (Å²) < 4.78 is 16.4. The van der Waals surface area contributed by atoms with E-state index in [2.05, 4.69) is 0 Å². The highest BCUT2D eigenvalue weighted by Gasteiger charge is 2.03. The topological polar surface area (TPSA) is 65.0 Å². The molecule has 0 unspecified atom stereocenters. The molecule has 0 saturated carbocycles. The molecule has 0 atom stereocenters. The van der Waals surface area contributed by atoms with Gasteiger partial charge < -0.3 is 19.3 Å². The average Bonchev–Trinajstić information content (AvgIpc) is 2.54. The molecule has 0 fully saturated rings. The molecule has 2 aromatic rings. The van der Waals surface area contributed by atoms with Crippen molar-refractivity contribution in [3.8, 4) is 17.2 Å². The minimum absolute atomic E-state index is 0.199. The van der Waals surface area contributed by atoms with Crippen LogP contribution in [0.25, 0.3) is 0 Å². The predicted octanol–water partition coefficient (Wildman–Crippen LogP) is 3.24. The second-order valence-corrected chi connectivity index (χ2v) is 4.43. The number of ether oxygens (including phenoxy) is 3. The predicted molar refractivity (Wildman–Crippen MR) is 82.0 cm³/mol. The standard InChI is InChI=1S/C17H18O5/c1-2-20-14-6-8-15(9-7-14)21-10-11-22-16-5-3-4-13(12-16)17(18)19/h3-9,12H,2,10-11H2,1H3,(H,18,19). The molecule has 0 radical (unpaired) electrons. The highest BCUT2D eigenvalue weighted by atomic mass is 16.5. The Kier molecular flexibility index (Phi) is 5.65. The number of hydrogen-bond acceptors (Lipinski definition) is 4. The van der Waals surface area contributed by atoms with Gasteiger partial charge in [-0.2, -0.15) is 0 Å². The number of carbonyl (C=O) groups is 1. The number of carboxylic acids is 1. The van der Waals surface area contributed by atoms with Crippen molar-refractivity contribution in [3.63, 3.8) is 0 Å². The maximum atomic E-state index is 10.9. The van der Waals surface area contributed by atoms with Gasteiger partial charge in [-0.15, -0.1) is 0 Å². The third-order valence-corrected chi connectivity index (χ3v) is 2.84. The molecule has 0 amide bonds. The van der Waals surface area contributed by atoms with Gasteiger partial charge in [0.15, 0.2) is 0 Å². The highest BCUT2D eigenvalue weighted by Crippen LogP contribution is 2.18. The molecule has 0 aliphatic heterocycles. The van der Waals surface area contributed by atoms with Crippen LogP contribution in [0, 0.1) is 0 Å². The monoisotopic (exact) mass is 302 g/mol. The summed E-state index contributed by atoms with van der Waals surface area (Å²) in [6.07, 6.45) is 0. The van der Waals surface area contributed by atoms with Crippen LogP contribution in [0.15, 0.2) is 48.5 Å². The highest BCUT2D eigenvalue weighted by molar-refractivity contribution is 5.87. The average molecular weight is 302 g/mol. The van der Waals surface area contributed by atoms with E-state index in [1.54, 1.807) is 12.1 Å². The third-order valence-electron chi connectivity index (χ3n) is 2.84. The minimum atomic E-state index is -0.976. The van der Waals surface area contributed by atoms with Gasteiger partial charge in [-0.1, -0.05) is 6.07 Å². The molecule has 2 aromatic carbocycles. The molecule has 22 heavy (non-hydrogen) atoms. The van der Waals surface area contributed by atoms with Crippen molar-refractivity contribution in [1.82, 2.24) is 0 Å². The Hall–Kier alpha value is -2.69. The lowest BCUT2D eigenvalue weighted by atomic mass is 10.2. The molecule has 5 nitrogen and oxygen atoms in total. The summed E-state index contributed by atoms with van der Waals surface area (Å²) in [4.78, 5) is 10.9. The zero-order valence-corrected chi connectivity index (χ0v) is 12.3. The van der Waals surface area contributed by atoms with Gasteiger partial charge >= 0.3 is 5.97 Å². The second kappa shape index (κ2) is 7.93. The normalized spacial score (nSPS) is 10.0. The van der Waals surface area contributed by atoms with Crippen LogP contribution in [-0.4, -0.2) is 30.9 Å². The van der Waals surface area contributed by atoms with Gasteiger partial charge in [0.2, 0.25) is 0 Å². The minimum Gasteiger partial charge on any atom is -0.494 e. The van der Waals surface area contributed by atoms with E-state index in [4.69, 9.17) is 19.3 Å². The maximum Gasteiger partial charge on any atom is 0.335 e. The van der Waals surface area contributed by atoms with Crippen molar-refractivity contribution < 1.29 is 24.1 Å². The fourth-order valence-electron chi connectivity index (χ4n) is 1.84. The van der Waals surface area contributed by atoms with Gasteiger partial charge in [-0.25, -0.2) is 4.79 Å². The quantitative estimate of drug-likeness (QED) is 0.758. The Labute approximate surface area is 129 Å². The van der Waals surface area contributed by atoms with Crippen LogP contribution in [0.3, 0.4) is 0 Å². The summed E-state index contributed by atoms with van der Waals surface area (Å²) in [7, 11) is 0. The zero-order valence-electron chi connectivity index (χ0n) is 12.3. The SMILES string of the molecule is CCOc1ccc(OCCOc2cccc(C(=O)O)c2)cc1. The maximum absolute atomic E-state index is 10.9. The van der Waals surface area contributed by atoms with Crippen LogP contribution in [0.4, 0.5) is 0 Å². The zero-order chi connectivity index (χ0) is 15.8. The molecule has 0 aliphatic rings. The van der Waals surface area contributed by atoms with E-state index in [1.807, 2.05) is 31.2 Å². The molecule has 0 bridgehead atoms. The Morgan fingerprint density at radius 2 is 1.50 bits per heavy atom. The molecule has 0 saturated heterocycles.